The molecule has 4 nitrogen and oxygen atoms in total. The van der Waals surface area contributed by atoms with E-state index in [1.54, 1.807) is 12.1 Å². The highest BCUT2D eigenvalue weighted by molar-refractivity contribution is 5.97. The van der Waals surface area contributed by atoms with Crippen molar-refractivity contribution in [2.45, 2.75) is 26.3 Å². The summed E-state index contributed by atoms with van der Waals surface area (Å²) in [5, 5.41) is 5.75. The van der Waals surface area contributed by atoms with E-state index < -0.39 is 0 Å². The molecule has 2 amide bonds. The van der Waals surface area contributed by atoms with Crippen molar-refractivity contribution in [1.82, 2.24) is 5.32 Å². The summed E-state index contributed by atoms with van der Waals surface area (Å²) in [7, 11) is 0. The molecule has 0 saturated carbocycles. The normalized spacial score (nSPS) is 13.2. The van der Waals surface area contributed by atoms with Crippen LogP contribution in [0.4, 0.5) is 5.69 Å². The fourth-order valence-electron chi connectivity index (χ4n) is 2.63. The van der Waals surface area contributed by atoms with E-state index >= 15 is 0 Å². The van der Waals surface area contributed by atoms with Crippen LogP contribution in [0.3, 0.4) is 0 Å². The Balaban J connectivity index is 1.69. The van der Waals surface area contributed by atoms with E-state index in [2.05, 4.69) is 16.7 Å². The van der Waals surface area contributed by atoms with Crippen LogP contribution < -0.4 is 10.6 Å². The lowest BCUT2D eigenvalue weighted by atomic mass is 10.00. The quantitative estimate of drug-likeness (QED) is 0.914. The summed E-state index contributed by atoms with van der Waals surface area (Å²) in [5.74, 6) is -0.0645. The number of nitrogens with one attached hydrogen (secondary N) is 2. The van der Waals surface area contributed by atoms with Crippen molar-refractivity contribution in [2.24, 2.45) is 0 Å². The number of carbonyl (C=O) groups is 2. The van der Waals surface area contributed by atoms with Crippen molar-refractivity contribution in [2.75, 3.05) is 5.32 Å². The second-order valence-electron chi connectivity index (χ2n) is 5.59. The summed E-state index contributed by atoms with van der Waals surface area (Å²) in [4.78, 5) is 23.6. The smallest absolute Gasteiger partial charge is 0.251 e. The zero-order valence-corrected chi connectivity index (χ0v) is 12.5. The van der Waals surface area contributed by atoms with Crippen molar-refractivity contribution in [3.8, 4) is 0 Å². The van der Waals surface area contributed by atoms with Crippen LogP contribution in [-0.4, -0.2) is 11.8 Å². The zero-order chi connectivity index (χ0) is 15.5. The number of carbonyl (C=O) groups excluding carboxylic acids is 2. The van der Waals surface area contributed by atoms with Crippen LogP contribution in [0.25, 0.3) is 0 Å². The predicted octanol–water partition coefficient (Wildman–Crippen LogP) is 2.81. The highest BCUT2D eigenvalue weighted by Crippen LogP contribution is 2.23. The number of hydrogen-bond donors (Lipinski definition) is 2. The molecule has 0 aromatic heterocycles. The van der Waals surface area contributed by atoms with Gasteiger partial charge in [-0.05, 0) is 42.7 Å². The van der Waals surface area contributed by atoms with Gasteiger partial charge in [0.15, 0.2) is 0 Å². The first-order valence-electron chi connectivity index (χ1n) is 7.38. The van der Waals surface area contributed by atoms with Gasteiger partial charge < -0.3 is 10.6 Å². The molecule has 22 heavy (non-hydrogen) atoms. The number of aryl methyl sites for hydroxylation is 2. The molecule has 3 rings (SSSR count). The lowest BCUT2D eigenvalue weighted by Gasteiger charge is -2.17. The van der Waals surface area contributed by atoms with E-state index in [-0.39, 0.29) is 11.8 Å². The predicted molar refractivity (Wildman–Crippen MR) is 85.7 cm³/mol. The average molecular weight is 294 g/mol. The Morgan fingerprint density at radius 3 is 2.86 bits per heavy atom. The third kappa shape index (κ3) is 3.17. The van der Waals surface area contributed by atoms with E-state index in [9.17, 15) is 9.59 Å². The topological polar surface area (TPSA) is 58.2 Å². The molecule has 1 aliphatic rings. The van der Waals surface area contributed by atoms with Gasteiger partial charge in [0, 0.05) is 24.2 Å². The molecule has 0 atom stereocenters. The molecule has 4 heteroatoms. The van der Waals surface area contributed by atoms with Gasteiger partial charge in [0.25, 0.3) is 5.91 Å². The Labute approximate surface area is 129 Å². The zero-order valence-electron chi connectivity index (χ0n) is 12.5. The highest BCUT2D eigenvalue weighted by atomic mass is 16.2. The van der Waals surface area contributed by atoms with E-state index in [0.717, 1.165) is 16.8 Å². The van der Waals surface area contributed by atoms with E-state index in [0.29, 0.717) is 24.9 Å². The van der Waals surface area contributed by atoms with Gasteiger partial charge in [-0.25, -0.2) is 0 Å². The fourth-order valence-corrected chi connectivity index (χ4v) is 2.63. The van der Waals surface area contributed by atoms with Crippen LogP contribution in [-0.2, 0) is 17.8 Å². The monoisotopic (exact) mass is 294 g/mol. The summed E-state index contributed by atoms with van der Waals surface area (Å²) in [6, 6.07) is 13.5. The van der Waals surface area contributed by atoms with Gasteiger partial charge in [-0.2, -0.15) is 0 Å². The second-order valence-corrected chi connectivity index (χ2v) is 5.59. The molecule has 0 fully saturated rings. The third-order valence-corrected chi connectivity index (χ3v) is 3.80. The summed E-state index contributed by atoms with van der Waals surface area (Å²) >= 11 is 0. The molecule has 1 heterocycles. The number of hydrogen-bond acceptors (Lipinski definition) is 2. The number of anilines is 1. The minimum absolute atomic E-state index is 0.0316. The summed E-state index contributed by atoms with van der Waals surface area (Å²) in [6.07, 6.45) is 1.15. The van der Waals surface area contributed by atoms with Crippen LogP contribution >= 0.6 is 0 Å². The Kier molecular flexibility index (Phi) is 3.92. The van der Waals surface area contributed by atoms with Crippen LogP contribution in [0.2, 0.25) is 0 Å². The van der Waals surface area contributed by atoms with E-state index in [4.69, 9.17) is 0 Å². The molecule has 0 bridgehead atoms. The van der Waals surface area contributed by atoms with Crippen molar-refractivity contribution in [1.29, 1.82) is 0 Å². The largest absolute Gasteiger partial charge is 0.348 e. The first kappa shape index (κ1) is 14.3. The minimum atomic E-state index is -0.0961. The molecule has 2 N–H and O–H groups in total. The second kappa shape index (κ2) is 6.02. The molecular formula is C18H18N2O2. The number of amides is 2. The molecule has 112 valence electrons. The van der Waals surface area contributed by atoms with E-state index in [1.807, 2.05) is 31.2 Å². The Bertz CT molecular complexity index is 738. The molecule has 0 aliphatic carbocycles. The molecular weight excluding hydrogens is 276 g/mol. The SMILES string of the molecule is Cc1cccc(CNC(=O)c2ccc3c(c2)CCC(=O)N3)c1. The van der Waals surface area contributed by atoms with E-state index in [1.165, 1.54) is 5.56 Å². The van der Waals surface area contributed by atoms with Crippen molar-refractivity contribution < 1.29 is 9.59 Å². The maximum Gasteiger partial charge on any atom is 0.251 e. The van der Waals surface area contributed by atoms with Crippen molar-refractivity contribution in [3.05, 3.63) is 64.7 Å². The summed E-state index contributed by atoms with van der Waals surface area (Å²) < 4.78 is 0. The van der Waals surface area contributed by atoms with Crippen molar-refractivity contribution in [3.63, 3.8) is 0 Å². The minimum Gasteiger partial charge on any atom is -0.348 e. The van der Waals surface area contributed by atoms with Gasteiger partial charge in [-0.15, -0.1) is 0 Å². The number of rotatable bonds is 3. The van der Waals surface area contributed by atoms with Crippen LogP contribution in [0.15, 0.2) is 42.5 Å². The first-order chi connectivity index (χ1) is 10.6. The van der Waals surface area contributed by atoms with Crippen LogP contribution in [0.5, 0.6) is 0 Å². The molecule has 0 unspecified atom stereocenters. The highest BCUT2D eigenvalue weighted by Gasteiger charge is 2.16. The number of benzene rings is 2. The maximum absolute atomic E-state index is 12.3. The molecule has 2 aromatic rings. The van der Waals surface area contributed by atoms with Gasteiger partial charge in [0.1, 0.15) is 0 Å². The standard InChI is InChI=1S/C18H18N2O2/c1-12-3-2-4-13(9-12)11-19-18(22)15-5-7-16-14(10-15)6-8-17(21)20-16/h2-5,7,9-10H,6,8,11H2,1H3,(H,19,22)(H,20,21). The van der Waals surface area contributed by atoms with Crippen LogP contribution in [0, 0.1) is 6.92 Å². The summed E-state index contributed by atoms with van der Waals surface area (Å²) in [6.45, 7) is 2.54. The van der Waals surface area contributed by atoms with Gasteiger partial charge >= 0.3 is 0 Å². The number of fused-ring (bicyclic) bond motifs is 1. The molecule has 0 saturated heterocycles. The molecule has 1 aliphatic heterocycles. The lowest BCUT2D eigenvalue weighted by Crippen LogP contribution is -2.24. The lowest BCUT2D eigenvalue weighted by molar-refractivity contribution is -0.116. The average Bonchev–Trinajstić information content (AvgIpc) is 2.52. The van der Waals surface area contributed by atoms with Crippen molar-refractivity contribution >= 4 is 17.5 Å². The Morgan fingerprint density at radius 2 is 2.05 bits per heavy atom. The van der Waals surface area contributed by atoms with Gasteiger partial charge in [0.05, 0.1) is 0 Å². The molecule has 0 spiro atoms. The fraction of sp³-hybridized carbons (Fsp3) is 0.222. The first-order valence-corrected chi connectivity index (χ1v) is 7.38. The molecule has 2 aromatic carbocycles. The Hall–Kier alpha value is -2.62. The summed E-state index contributed by atoms with van der Waals surface area (Å²) in [5.41, 5.74) is 4.71. The maximum atomic E-state index is 12.3. The van der Waals surface area contributed by atoms with Gasteiger partial charge in [-0.1, -0.05) is 29.8 Å². The Morgan fingerprint density at radius 1 is 1.18 bits per heavy atom. The third-order valence-electron chi connectivity index (χ3n) is 3.80. The van der Waals surface area contributed by atoms with Crippen LogP contribution in [0.1, 0.15) is 33.5 Å². The van der Waals surface area contributed by atoms with Gasteiger partial charge in [0.2, 0.25) is 5.91 Å². The molecule has 0 radical (unpaired) electrons. The van der Waals surface area contributed by atoms with Gasteiger partial charge in [-0.3, -0.25) is 9.59 Å².